The van der Waals surface area contributed by atoms with Gasteiger partial charge in [-0.1, -0.05) is 55.5 Å². The molecule has 20 heavy (non-hydrogen) atoms. The molecular formula is C18H22N2. The number of hydrogen-bond acceptors (Lipinski definition) is 2. The second kappa shape index (κ2) is 5.78. The highest BCUT2D eigenvalue weighted by Gasteiger charge is 2.27. The monoisotopic (exact) mass is 266 g/mol. The molecule has 1 aliphatic rings. The van der Waals surface area contributed by atoms with Crippen molar-refractivity contribution in [3.63, 3.8) is 0 Å². The second-order valence-electron chi connectivity index (χ2n) is 5.46. The molecule has 104 valence electrons. The number of likely N-dealkylation sites (N-methyl/N-ethyl adjacent to an activating group) is 1. The van der Waals surface area contributed by atoms with Gasteiger partial charge in [0.15, 0.2) is 0 Å². The highest BCUT2D eigenvalue weighted by molar-refractivity contribution is 5.78. The van der Waals surface area contributed by atoms with Crippen molar-refractivity contribution in [3.8, 4) is 11.1 Å². The lowest BCUT2D eigenvalue weighted by Crippen LogP contribution is -2.31. The first-order valence-electron chi connectivity index (χ1n) is 7.41. The Morgan fingerprint density at radius 1 is 0.950 bits per heavy atom. The summed E-state index contributed by atoms with van der Waals surface area (Å²) in [6, 6.07) is 17.8. The molecule has 2 heteroatoms. The van der Waals surface area contributed by atoms with Crippen LogP contribution < -0.4 is 5.32 Å². The fourth-order valence-electron chi connectivity index (χ4n) is 2.93. The number of benzene rings is 2. The predicted molar refractivity (Wildman–Crippen MR) is 84.9 cm³/mol. The summed E-state index contributed by atoms with van der Waals surface area (Å²) in [5, 5.41) is 3.72. The first-order chi connectivity index (χ1) is 9.81. The van der Waals surface area contributed by atoms with Gasteiger partial charge in [0.25, 0.3) is 0 Å². The van der Waals surface area contributed by atoms with Crippen molar-refractivity contribution < 1.29 is 0 Å². The van der Waals surface area contributed by atoms with Crippen LogP contribution in [0.1, 0.15) is 24.1 Å². The molecule has 1 aliphatic carbocycles. The van der Waals surface area contributed by atoms with E-state index in [2.05, 4.69) is 72.7 Å². The molecule has 0 aromatic heterocycles. The Labute approximate surface area is 121 Å². The maximum absolute atomic E-state index is 3.72. The van der Waals surface area contributed by atoms with Crippen LogP contribution in [0.15, 0.2) is 48.5 Å². The van der Waals surface area contributed by atoms with Gasteiger partial charge < -0.3 is 10.2 Å². The van der Waals surface area contributed by atoms with Crippen LogP contribution in [0.25, 0.3) is 11.1 Å². The van der Waals surface area contributed by atoms with E-state index in [1.807, 2.05) is 0 Å². The van der Waals surface area contributed by atoms with Gasteiger partial charge >= 0.3 is 0 Å². The lowest BCUT2D eigenvalue weighted by Gasteiger charge is -2.19. The molecule has 0 fully saturated rings. The van der Waals surface area contributed by atoms with Crippen LogP contribution in [0.5, 0.6) is 0 Å². The molecule has 0 atom stereocenters. The summed E-state index contributed by atoms with van der Waals surface area (Å²) in [6.45, 7) is 5.38. The van der Waals surface area contributed by atoms with E-state index in [4.69, 9.17) is 0 Å². The maximum atomic E-state index is 3.72. The van der Waals surface area contributed by atoms with E-state index in [1.54, 1.807) is 0 Å². The molecule has 2 nitrogen and oxygen atoms in total. The topological polar surface area (TPSA) is 15.3 Å². The maximum Gasteiger partial charge on any atom is 0.0589 e. The summed E-state index contributed by atoms with van der Waals surface area (Å²) in [7, 11) is 2.16. The van der Waals surface area contributed by atoms with Crippen LogP contribution in [0.4, 0.5) is 0 Å². The van der Waals surface area contributed by atoms with Crippen molar-refractivity contribution in [1.82, 2.24) is 10.2 Å². The van der Waals surface area contributed by atoms with Gasteiger partial charge in [0, 0.05) is 13.1 Å². The smallest absolute Gasteiger partial charge is 0.0589 e. The van der Waals surface area contributed by atoms with Crippen molar-refractivity contribution >= 4 is 0 Å². The Balaban J connectivity index is 1.84. The third kappa shape index (κ3) is 2.37. The first-order valence-corrected chi connectivity index (χ1v) is 7.41. The van der Waals surface area contributed by atoms with Crippen LogP contribution in [-0.4, -0.2) is 31.6 Å². The zero-order valence-electron chi connectivity index (χ0n) is 12.3. The fraction of sp³-hybridized carbons (Fsp3) is 0.333. The third-order valence-corrected chi connectivity index (χ3v) is 4.22. The van der Waals surface area contributed by atoms with Crippen molar-refractivity contribution in [1.29, 1.82) is 0 Å². The van der Waals surface area contributed by atoms with E-state index < -0.39 is 0 Å². The molecule has 0 saturated carbocycles. The van der Waals surface area contributed by atoms with Crippen molar-refractivity contribution in [2.24, 2.45) is 0 Å². The normalized spacial score (nSPS) is 13.6. The first kappa shape index (κ1) is 13.3. The molecule has 0 radical (unpaired) electrons. The average Bonchev–Trinajstić information content (AvgIpc) is 2.82. The van der Waals surface area contributed by atoms with Gasteiger partial charge in [-0.05, 0) is 35.8 Å². The quantitative estimate of drug-likeness (QED) is 0.893. The van der Waals surface area contributed by atoms with Gasteiger partial charge in [0.05, 0.1) is 6.04 Å². The molecule has 0 saturated heterocycles. The minimum Gasteiger partial charge on any atom is -0.305 e. The third-order valence-electron chi connectivity index (χ3n) is 4.22. The zero-order valence-corrected chi connectivity index (χ0v) is 12.3. The van der Waals surface area contributed by atoms with E-state index in [0.29, 0.717) is 6.04 Å². The van der Waals surface area contributed by atoms with Crippen molar-refractivity contribution in [3.05, 3.63) is 59.7 Å². The van der Waals surface area contributed by atoms with Crippen molar-refractivity contribution in [2.45, 2.75) is 13.0 Å². The molecule has 0 spiro atoms. The second-order valence-corrected chi connectivity index (χ2v) is 5.46. The van der Waals surface area contributed by atoms with E-state index in [9.17, 15) is 0 Å². The largest absolute Gasteiger partial charge is 0.305 e. The molecule has 0 unspecified atom stereocenters. The van der Waals surface area contributed by atoms with Crippen LogP contribution in [0.2, 0.25) is 0 Å². The molecule has 1 N–H and O–H groups in total. The molecule has 3 rings (SSSR count). The summed E-state index contributed by atoms with van der Waals surface area (Å²) >= 11 is 0. The van der Waals surface area contributed by atoms with Crippen LogP contribution in [0.3, 0.4) is 0 Å². The fourth-order valence-corrected chi connectivity index (χ4v) is 2.93. The molecule has 0 bridgehead atoms. The Morgan fingerprint density at radius 3 is 2.05 bits per heavy atom. The minimum atomic E-state index is 0.340. The number of hydrogen-bond donors (Lipinski definition) is 1. The van der Waals surface area contributed by atoms with Gasteiger partial charge in [-0.25, -0.2) is 0 Å². The summed E-state index contributed by atoms with van der Waals surface area (Å²) < 4.78 is 0. The lowest BCUT2D eigenvalue weighted by atomic mass is 10.1. The van der Waals surface area contributed by atoms with E-state index in [0.717, 1.165) is 19.6 Å². The predicted octanol–water partition coefficient (Wildman–Crippen LogP) is 3.30. The Bertz CT molecular complexity index is 546. The Kier molecular flexibility index (Phi) is 3.86. The molecule has 2 aromatic rings. The zero-order chi connectivity index (χ0) is 13.9. The SMILES string of the molecule is CCN(C)CCNC1c2ccccc2-c2ccccc21. The van der Waals surface area contributed by atoms with E-state index in [-0.39, 0.29) is 0 Å². The van der Waals surface area contributed by atoms with Crippen molar-refractivity contribution in [2.75, 3.05) is 26.7 Å². The number of nitrogens with zero attached hydrogens (tertiary/aromatic N) is 1. The lowest BCUT2D eigenvalue weighted by molar-refractivity contribution is 0.345. The summed E-state index contributed by atoms with van der Waals surface area (Å²) in [6.07, 6.45) is 0. The van der Waals surface area contributed by atoms with Crippen LogP contribution in [0, 0.1) is 0 Å². The number of rotatable bonds is 5. The summed E-state index contributed by atoms with van der Waals surface area (Å²) in [4.78, 5) is 2.33. The summed E-state index contributed by atoms with van der Waals surface area (Å²) in [5.74, 6) is 0. The minimum absolute atomic E-state index is 0.340. The Hall–Kier alpha value is -1.64. The highest BCUT2D eigenvalue weighted by Crippen LogP contribution is 2.42. The molecule has 0 heterocycles. The number of nitrogens with one attached hydrogen (secondary N) is 1. The van der Waals surface area contributed by atoms with Crippen LogP contribution >= 0.6 is 0 Å². The molecule has 0 amide bonds. The summed E-state index contributed by atoms with van der Waals surface area (Å²) in [5.41, 5.74) is 5.58. The number of fused-ring (bicyclic) bond motifs is 3. The Morgan fingerprint density at radius 2 is 1.50 bits per heavy atom. The van der Waals surface area contributed by atoms with Gasteiger partial charge in [0.2, 0.25) is 0 Å². The molecule has 2 aromatic carbocycles. The highest BCUT2D eigenvalue weighted by atomic mass is 15.1. The standard InChI is InChI=1S/C18H22N2/c1-3-20(2)13-12-19-18-16-10-6-4-8-14(16)15-9-5-7-11-17(15)18/h4-11,18-19H,3,12-13H2,1-2H3. The van der Waals surface area contributed by atoms with Gasteiger partial charge in [-0.3, -0.25) is 0 Å². The van der Waals surface area contributed by atoms with Gasteiger partial charge in [-0.15, -0.1) is 0 Å². The van der Waals surface area contributed by atoms with E-state index >= 15 is 0 Å². The molecule has 0 aliphatic heterocycles. The van der Waals surface area contributed by atoms with Crippen LogP contribution in [-0.2, 0) is 0 Å². The van der Waals surface area contributed by atoms with Gasteiger partial charge in [0.1, 0.15) is 0 Å². The molecular weight excluding hydrogens is 244 g/mol. The van der Waals surface area contributed by atoms with E-state index in [1.165, 1.54) is 22.3 Å². The average molecular weight is 266 g/mol. The van der Waals surface area contributed by atoms with Gasteiger partial charge in [-0.2, -0.15) is 0 Å².